The summed E-state index contributed by atoms with van der Waals surface area (Å²) in [4.78, 5) is 15.8. The number of nitrogens with zero attached hydrogens (tertiary/aromatic N) is 4. The number of anilines is 1. The van der Waals surface area contributed by atoms with Gasteiger partial charge in [0.25, 0.3) is 5.91 Å². The van der Waals surface area contributed by atoms with Gasteiger partial charge in [-0.3, -0.25) is 9.48 Å². The first-order valence-electron chi connectivity index (χ1n) is 5.85. The lowest BCUT2D eigenvalue weighted by Crippen LogP contribution is -2.26. The van der Waals surface area contributed by atoms with Crippen LogP contribution in [0.15, 0.2) is 30.6 Å². The summed E-state index contributed by atoms with van der Waals surface area (Å²) in [6.07, 6.45) is 4.16. The lowest BCUT2D eigenvalue weighted by Gasteiger charge is -2.06. The molecule has 0 aromatic carbocycles. The second-order valence-corrected chi connectivity index (χ2v) is 3.83. The van der Waals surface area contributed by atoms with Crippen LogP contribution in [0.25, 0.3) is 0 Å². The second-order valence-electron chi connectivity index (χ2n) is 3.83. The van der Waals surface area contributed by atoms with Gasteiger partial charge in [-0.1, -0.05) is 11.3 Å². The Hall–Kier alpha value is -2.48. The van der Waals surface area contributed by atoms with Crippen molar-refractivity contribution in [1.29, 1.82) is 0 Å². The predicted octanol–water partition coefficient (Wildman–Crippen LogP) is -0.221. The molecule has 0 saturated heterocycles. The Kier molecular flexibility index (Phi) is 4.40. The number of nitrogen functional groups attached to an aromatic ring is 1. The molecule has 0 spiro atoms. The van der Waals surface area contributed by atoms with Gasteiger partial charge in [-0.2, -0.15) is 0 Å². The SMILES string of the molecule is NNc1cccc(C(=O)NCCCn2ccnn2)n1. The first-order valence-corrected chi connectivity index (χ1v) is 5.85. The monoisotopic (exact) mass is 261 g/mol. The van der Waals surface area contributed by atoms with Crippen LogP contribution in [0.5, 0.6) is 0 Å². The number of aromatic nitrogens is 4. The van der Waals surface area contributed by atoms with Crippen molar-refractivity contribution in [3.63, 3.8) is 0 Å². The van der Waals surface area contributed by atoms with Crippen molar-refractivity contribution in [2.45, 2.75) is 13.0 Å². The molecule has 1 amide bonds. The lowest BCUT2D eigenvalue weighted by atomic mass is 10.3. The molecule has 0 atom stereocenters. The van der Waals surface area contributed by atoms with E-state index in [1.807, 2.05) is 0 Å². The van der Waals surface area contributed by atoms with Crippen LogP contribution in [0.1, 0.15) is 16.9 Å². The number of nitrogens with one attached hydrogen (secondary N) is 2. The van der Waals surface area contributed by atoms with E-state index in [2.05, 4.69) is 26.0 Å². The molecule has 8 heteroatoms. The molecule has 2 heterocycles. The van der Waals surface area contributed by atoms with Crippen molar-refractivity contribution in [2.75, 3.05) is 12.0 Å². The molecule has 0 bridgehead atoms. The van der Waals surface area contributed by atoms with Crippen molar-refractivity contribution in [3.8, 4) is 0 Å². The zero-order valence-electron chi connectivity index (χ0n) is 10.3. The molecule has 0 unspecified atom stereocenters. The van der Waals surface area contributed by atoms with Gasteiger partial charge in [0.1, 0.15) is 11.5 Å². The average molecular weight is 261 g/mol. The van der Waals surface area contributed by atoms with Crippen LogP contribution >= 0.6 is 0 Å². The largest absolute Gasteiger partial charge is 0.351 e. The normalized spacial score (nSPS) is 10.2. The molecule has 19 heavy (non-hydrogen) atoms. The number of hydrogen-bond donors (Lipinski definition) is 3. The number of carbonyl (C=O) groups is 1. The summed E-state index contributed by atoms with van der Waals surface area (Å²) in [7, 11) is 0. The van der Waals surface area contributed by atoms with Gasteiger partial charge >= 0.3 is 0 Å². The number of carbonyl (C=O) groups excluding carboxylic acids is 1. The Balaban J connectivity index is 1.77. The van der Waals surface area contributed by atoms with Crippen molar-refractivity contribution >= 4 is 11.7 Å². The number of hydrogen-bond acceptors (Lipinski definition) is 6. The summed E-state index contributed by atoms with van der Waals surface area (Å²) >= 11 is 0. The maximum atomic E-state index is 11.8. The summed E-state index contributed by atoms with van der Waals surface area (Å²) in [6, 6.07) is 5.03. The quantitative estimate of drug-likeness (QED) is 0.376. The van der Waals surface area contributed by atoms with Crippen LogP contribution in [0.2, 0.25) is 0 Å². The number of pyridine rings is 1. The van der Waals surface area contributed by atoms with Gasteiger partial charge in [-0.15, -0.1) is 5.10 Å². The second kappa shape index (κ2) is 6.45. The Morgan fingerprint density at radius 1 is 1.42 bits per heavy atom. The van der Waals surface area contributed by atoms with E-state index in [0.29, 0.717) is 24.6 Å². The number of aryl methyl sites for hydroxylation is 1. The maximum Gasteiger partial charge on any atom is 0.269 e. The lowest BCUT2D eigenvalue weighted by molar-refractivity contribution is 0.0947. The summed E-state index contributed by atoms with van der Waals surface area (Å²) in [5, 5.41) is 10.3. The standard InChI is InChI=1S/C11H15N7O/c12-16-10-4-1-3-9(15-10)11(19)13-5-2-7-18-8-6-14-17-18/h1,3-4,6,8H,2,5,7,12H2,(H,13,19)(H,15,16). The van der Waals surface area contributed by atoms with Gasteiger partial charge in [0.15, 0.2) is 0 Å². The highest BCUT2D eigenvalue weighted by Crippen LogP contribution is 2.02. The molecule has 2 aromatic heterocycles. The van der Waals surface area contributed by atoms with Gasteiger partial charge in [0.05, 0.1) is 6.20 Å². The molecule has 2 aromatic rings. The van der Waals surface area contributed by atoms with Gasteiger partial charge in [0, 0.05) is 19.3 Å². The van der Waals surface area contributed by atoms with E-state index in [0.717, 1.165) is 6.42 Å². The van der Waals surface area contributed by atoms with Crippen LogP contribution < -0.4 is 16.6 Å². The van der Waals surface area contributed by atoms with Crippen LogP contribution in [-0.2, 0) is 6.54 Å². The third-order valence-electron chi connectivity index (χ3n) is 2.45. The molecule has 0 aliphatic rings. The Morgan fingerprint density at radius 3 is 3.05 bits per heavy atom. The summed E-state index contributed by atoms with van der Waals surface area (Å²) in [6.45, 7) is 1.25. The minimum absolute atomic E-state index is 0.226. The van der Waals surface area contributed by atoms with E-state index < -0.39 is 0 Å². The zero-order chi connectivity index (χ0) is 13.5. The molecule has 0 aliphatic heterocycles. The highest BCUT2D eigenvalue weighted by atomic mass is 16.1. The number of rotatable bonds is 6. The van der Waals surface area contributed by atoms with Gasteiger partial charge < -0.3 is 10.7 Å². The van der Waals surface area contributed by atoms with Gasteiger partial charge in [0.2, 0.25) is 0 Å². The molecule has 0 radical (unpaired) electrons. The van der Waals surface area contributed by atoms with Crippen molar-refractivity contribution in [1.82, 2.24) is 25.3 Å². The van der Waals surface area contributed by atoms with Crippen LogP contribution in [0.4, 0.5) is 5.82 Å². The molecule has 0 saturated carbocycles. The topological polar surface area (TPSA) is 111 Å². The summed E-state index contributed by atoms with van der Waals surface area (Å²) in [5.41, 5.74) is 2.73. The third-order valence-corrected chi connectivity index (χ3v) is 2.45. The van der Waals surface area contributed by atoms with Crippen molar-refractivity contribution in [2.24, 2.45) is 5.84 Å². The van der Waals surface area contributed by atoms with E-state index >= 15 is 0 Å². The van der Waals surface area contributed by atoms with Gasteiger partial charge in [-0.05, 0) is 18.6 Å². The minimum Gasteiger partial charge on any atom is -0.351 e. The third kappa shape index (κ3) is 3.75. The fourth-order valence-corrected chi connectivity index (χ4v) is 1.53. The Morgan fingerprint density at radius 2 is 2.32 bits per heavy atom. The van der Waals surface area contributed by atoms with Gasteiger partial charge in [-0.25, -0.2) is 10.8 Å². The first-order chi connectivity index (χ1) is 9.29. The molecule has 8 nitrogen and oxygen atoms in total. The fraction of sp³-hybridized carbons (Fsp3) is 0.273. The summed E-state index contributed by atoms with van der Waals surface area (Å²) < 4.78 is 1.71. The molecule has 0 aliphatic carbocycles. The smallest absolute Gasteiger partial charge is 0.269 e. The molecular weight excluding hydrogens is 246 g/mol. The van der Waals surface area contributed by atoms with E-state index in [1.54, 1.807) is 35.3 Å². The number of amides is 1. The summed E-state index contributed by atoms with van der Waals surface area (Å²) in [5.74, 6) is 5.46. The first kappa shape index (κ1) is 13.0. The highest BCUT2D eigenvalue weighted by Gasteiger charge is 2.06. The molecular formula is C11H15N7O. The Bertz CT molecular complexity index is 526. The molecule has 100 valence electrons. The van der Waals surface area contributed by atoms with Crippen LogP contribution in [-0.4, -0.2) is 32.4 Å². The average Bonchev–Trinajstić information content (AvgIpc) is 2.96. The zero-order valence-corrected chi connectivity index (χ0v) is 10.3. The van der Waals surface area contributed by atoms with E-state index in [1.165, 1.54) is 0 Å². The fourth-order valence-electron chi connectivity index (χ4n) is 1.53. The maximum absolute atomic E-state index is 11.8. The van der Waals surface area contributed by atoms with E-state index in [9.17, 15) is 4.79 Å². The van der Waals surface area contributed by atoms with Crippen molar-refractivity contribution < 1.29 is 4.79 Å². The highest BCUT2D eigenvalue weighted by molar-refractivity contribution is 5.92. The van der Waals surface area contributed by atoms with Crippen LogP contribution in [0.3, 0.4) is 0 Å². The number of hydrazine groups is 1. The van der Waals surface area contributed by atoms with E-state index in [4.69, 9.17) is 5.84 Å². The predicted molar refractivity (Wildman–Crippen MR) is 69.0 cm³/mol. The van der Waals surface area contributed by atoms with Crippen LogP contribution in [0, 0.1) is 0 Å². The number of nitrogens with two attached hydrogens (primary N) is 1. The molecule has 2 rings (SSSR count). The van der Waals surface area contributed by atoms with E-state index in [-0.39, 0.29) is 5.91 Å². The molecule has 4 N–H and O–H groups in total. The van der Waals surface area contributed by atoms with Crippen molar-refractivity contribution in [3.05, 3.63) is 36.3 Å². The Labute approximate surface area is 110 Å². The molecule has 0 fully saturated rings. The minimum atomic E-state index is -0.226.